The Labute approximate surface area is 163 Å². The molecule has 1 aromatic carbocycles. The first-order chi connectivity index (χ1) is 13.4. The number of halogens is 2. The molecule has 0 aliphatic carbocycles. The molecule has 2 atom stereocenters. The van der Waals surface area contributed by atoms with E-state index in [2.05, 4.69) is 29.6 Å². The van der Waals surface area contributed by atoms with E-state index in [1.165, 1.54) is 17.8 Å². The molecule has 0 saturated carbocycles. The lowest BCUT2D eigenvalue weighted by Gasteiger charge is -2.30. The molecule has 0 amide bonds. The Balaban J connectivity index is 1.65. The van der Waals surface area contributed by atoms with E-state index in [0.29, 0.717) is 23.6 Å². The van der Waals surface area contributed by atoms with Crippen LogP contribution in [0, 0.1) is 11.6 Å². The molecule has 0 spiro atoms. The van der Waals surface area contributed by atoms with Crippen molar-refractivity contribution in [1.82, 2.24) is 14.8 Å². The van der Waals surface area contributed by atoms with Gasteiger partial charge in [-0.1, -0.05) is 19.9 Å². The number of rotatable bonds is 4. The van der Waals surface area contributed by atoms with Crippen LogP contribution in [-0.2, 0) is 12.8 Å². The van der Waals surface area contributed by atoms with Gasteiger partial charge in [0, 0.05) is 35.5 Å². The highest BCUT2D eigenvalue weighted by molar-refractivity contribution is 5.59. The number of pyridine rings is 1. The molecule has 0 saturated heterocycles. The lowest BCUT2D eigenvalue weighted by Crippen LogP contribution is -2.39. The van der Waals surface area contributed by atoms with Crippen molar-refractivity contribution in [2.75, 3.05) is 0 Å². The van der Waals surface area contributed by atoms with Crippen LogP contribution in [-0.4, -0.2) is 20.8 Å². The maximum Gasteiger partial charge on any atom is 0.126 e. The highest BCUT2D eigenvalue weighted by Crippen LogP contribution is 2.29. The number of nitrogens with two attached hydrogens (primary N) is 1. The minimum atomic E-state index is -0.612. The standard InChI is InChI=1S/C22H24F2N4/c1-13(2)21-12-18-6-7-19(25)22(28(18)27-21)11-17-4-3-5-20(26-17)14-8-15(23)10-16(24)9-14/h3-5,8-10,12-13,19,22H,6-7,11,25H2,1-2H3. The Morgan fingerprint density at radius 3 is 2.61 bits per heavy atom. The van der Waals surface area contributed by atoms with Gasteiger partial charge in [0.2, 0.25) is 0 Å². The van der Waals surface area contributed by atoms with Gasteiger partial charge in [-0.2, -0.15) is 5.10 Å². The molecule has 2 unspecified atom stereocenters. The van der Waals surface area contributed by atoms with Crippen molar-refractivity contribution >= 4 is 0 Å². The van der Waals surface area contributed by atoms with Gasteiger partial charge in [0.05, 0.1) is 17.4 Å². The van der Waals surface area contributed by atoms with Crippen LogP contribution in [0.15, 0.2) is 42.5 Å². The summed E-state index contributed by atoms with van der Waals surface area (Å²) in [6.07, 6.45) is 2.45. The molecule has 0 bridgehead atoms. The normalized spacial score (nSPS) is 19.1. The summed E-state index contributed by atoms with van der Waals surface area (Å²) in [7, 11) is 0. The first kappa shape index (κ1) is 18.7. The van der Waals surface area contributed by atoms with E-state index < -0.39 is 11.6 Å². The van der Waals surface area contributed by atoms with Crippen LogP contribution in [0.4, 0.5) is 8.78 Å². The lowest BCUT2D eigenvalue weighted by molar-refractivity contribution is 0.313. The van der Waals surface area contributed by atoms with Crippen molar-refractivity contribution in [3.63, 3.8) is 0 Å². The van der Waals surface area contributed by atoms with Crippen LogP contribution < -0.4 is 5.73 Å². The zero-order chi connectivity index (χ0) is 19.8. The fraction of sp³-hybridized carbons (Fsp3) is 0.364. The molecule has 4 nitrogen and oxygen atoms in total. The zero-order valence-electron chi connectivity index (χ0n) is 16.1. The molecule has 28 heavy (non-hydrogen) atoms. The van der Waals surface area contributed by atoms with Crippen LogP contribution in [0.25, 0.3) is 11.3 Å². The summed E-state index contributed by atoms with van der Waals surface area (Å²) >= 11 is 0. The summed E-state index contributed by atoms with van der Waals surface area (Å²) in [4.78, 5) is 4.64. The molecule has 1 aliphatic rings. The number of aromatic nitrogens is 3. The smallest absolute Gasteiger partial charge is 0.126 e. The Morgan fingerprint density at radius 2 is 1.89 bits per heavy atom. The summed E-state index contributed by atoms with van der Waals surface area (Å²) in [6.45, 7) is 4.26. The third-order valence-corrected chi connectivity index (χ3v) is 5.35. The largest absolute Gasteiger partial charge is 0.326 e. The second-order valence-corrected chi connectivity index (χ2v) is 7.81. The molecule has 4 rings (SSSR count). The average Bonchev–Trinajstić information content (AvgIpc) is 3.08. The number of fused-ring (bicyclic) bond motifs is 1. The number of hydrogen-bond acceptors (Lipinski definition) is 3. The van der Waals surface area contributed by atoms with Crippen molar-refractivity contribution in [3.05, 3.63) is 71.2 Å². The highest BCUT2D eigenvalue weighted by Gasteiger charge is 2.29. The van der Waals surface area contributed by atoms with E-state index >= 15 is 0 Å². The van der Waals surface area contributed by atoms with Gasteiger partial charge in [-0.15, -0.1) is 0 Å². The Morgan fingerprint density at radius 1 is 1.14 bits per heavy atom. The van der Waals surface area contributed by atoms with Gasteiger partial charge < -0.3 is 5.73 Å². The van der Waals surface area contributed by atoms with Gasteiger partial charge in [-0.05, 0) is 49.1 Å². The SMILES string of the molecule is CC(C)c1cc2n(n1)C(Cc1cccc(-c3cc(F)cc(F)c3)n1)C(N)CC2. The predicted molar refractivity (Wildman–Crippen MR) is 105 cm³/mol. The molecule has 3 heterocycles. The third-order valence-electron chi connectivity index (χ3n) is 5.35. The van der Waals surface area contributed by atoms with E-state index in [0.717, 1.165) is 30.3 Å². The van der Waals surface area contributed by atoms with E-state index in [1.54, 1.807) is 6.07 Å². The lowest BCUT2D eigenvalue weighted by atomic mass is 9.94. The maximum atomic E-state index is 13.6. The minimum Gasteiger partial charge on any atom is -0.326 e. The Bertz CT molecular complexity index is 976. The van der Waals surface area contributed by atoms with Crippen molar-refractivity contribution < 1.29 is 8.78 Å². The molecule has 2 N–H and O–H groups in total. The summed E-state index contributed by atoms with van der Waals surface area (Å²) in [5.41, 5.74) is 10.5. The van der Waals surface area contributed by atoms with E-state index in [1.807, 2.05) is 12.1 Å². The van der Waals surface area contributed by atoms with Crippen molar-refractivity contribution in [2.24, 2.45) is 5.73 Å². The van der Waals surface area contributed by atoms with Crippen molar-refractivity contribution in [3.8, 4) is 11.3 Å². The number of aryl methyl sites for hydroxylation is 1. The average molecular weight is 382 g/mol. The topological polar surface area (TPSA) is 56.7 Å². The molecule has 2 aromatic heterocycles. The Kier molecular flexibility index (Phi) is 4.98. The summed E-state index contributed by atoms with van der Waals surface area (Å²) in [5.74, 6) is -0.864. The zero-order valence-corrected chi connectivity index (χ0v) is 16.1. The van der Waals surface area contributed by atoms with Crippen LogP contribution in [0.2, 0.25) is 0 Å². The van der Waals surface area contributed by atoms with E-state index in [-0.39, 0.29) is 12.1 Å². The second-order valence-electron chi connectivity index (χ2n) is 7.81. The molecule has 146 valence electrons. The fourth-order valence-corrected chi connectivity index (χ4v) is 3.81. The molecular weight excluding hydrogens is 358 g/mol. The second kappa shape index (κ2) is 7.43. The molecular formula is C22H24F2N4. The predicted octanol–water partition coefficient (Wildman–Crippen LogP) is 4.40. The number of benzene rings is 1. The monoisotopic (exact) mass is 382 g/mol. The Hall–Kier alpha value is -2.60. The van der Waals surface area contributed by atoms with Crippen LogP contribution in [0.3, 0.4) is 0 Å². The highest BCUT2D eigenvalue weighted by atomic mass is 19.1. The van der Waals surface area contributed by atoms with Gasteiger partial charge in [-0.25, -0.2) is 8.78 Å². The summed E-state index contributed by atoms with van der Waals surface area (Å²) in [6, 6.07) is 11.2. The maximum absolute atomic E-state index is 13.6. The van der Waals surface area contributed by atoms with Crippen LogP contribution in [0.1, 0.15) is 49.3 Å². The fourth-order valence-electron chi connectivity index (χ4n) is 3.81. The van der Waals surface area contributed by atoms with Crippen molar-refractivity contribution in [2.45, 2.75) is 51.1 Å². The van der Waals surface area contributed by atoms with Gasteiger partial charge in [0.1, 0.15) is 11.6 Å². The van der Waals surface area contributed by atoms with Crippen molar-refractivity contribution in [1.29, 1.82) is 0 Å². The number of hydrogen-bond donors (Lipinski definition) is 1. The summed E-state index contributed by atoms with van der Waals surface area (Å²) in [5, 5.41) is 4.79. The summed E-state index contributed by atoms with van der Waals surface area (Å²) < 4.78 is 29.2. The molecule has 6 heteroatoms. The van der Waals surface area contributed by atoms with Gasteiger partial charge in [-0.3, -0.25) is 9.67 Å². The quantitative estimate of drug-likeness (QED) is 0.727. The van der Waals surface area contributed by atoms with Gasteiger partial charge in [0.25, 0.3) is 0 Å². The first-order valence-electron chi connectivity index (χ1n) is 9.67. The van der Waals surface area contributed by atoms with Crippen LogP contribution >= 0.6 is 0 Å². The first-order valence-corrected chi connectivity index (χ1v) is 9.67. The molecule has 1 aliphatic heterocycles. The molecule has 3 aromatic rings. The molecule has 0 fully saturated rings. The van der Waals surface area contributed by atoms with E-state index in [9.17, 15) is 8.78 Å². The third kappa shape index (κ3) is 3.69. The van der Waals surface area contributed by atoms with Gasteiger partial charge >= 0.3 is 0 Å². The van der Waals surface area contributed by atoms with Gasteiger partial charge in [0.15, 0.2) is 0 Å². The number of nitrogens with zero attached hydrogens (tertiary/aromatic N) is 3. The minimum absolute atomic E-state index is 0.00974. The van der Waals surface area contributed by atoms with Crippen LogP contribution in [0.5, 0.6) is 0 Å². The molecule has 0 radical (unpaired) electrons. The van der Waals surface area contributed by atoms with E-state index in [4.69, 9.17) is 10.8 Å².